The molecule has 0 aliphatic heterocycles. The predicted octanol–water partition coefficient (Wildman–Crippen LogP) is 2.21. The van der Waals surface area contributed by atoms with Crippen LogP contribution in [0, 0.1) is 0 Å². The lowest BCUT2D eigenvalue weighted by atomic mass is 10.1. The van der Waals surface area contributed by atoms with Gasteiger partial charge in [0.15, 0.2) is 5.96 Å². The second-order valence-corrected chi connectivity index (χ2v) is 7.61. The molecule has 6 nitrogen and oxygen atoms in total. The van der Waals surface area contributed by atoms with E-state index in [1.54, 1.807) is 11.8 Å². The van der Waals surface area contributed by atoms with Gasteiger partial charge in [0.1, 0.15) is 5.60 Å². The summed E-state index contributed by atoms with van der Waals surface area (Å²) in [5, 5.41) is 9.30. The second-order valence-electron chi connectivity index (χ2n) is 6.63. The number of ether oxygens (including phenoxy) is 1. The fourth-order valence-electron chi connectivity index (χ4n) is 1.51. The largest absolute Gasteiger partial charge is 0.444 e. The minimum absolute atomic E-state index is 0.423. The van der Waals surface area contributed by atoms with Gasteiger partial charge in [-0.05, 0) is 47.8 Å². The van der Waals surface area contributed by atoms with Crippen LogP contribution < -0.4 is 16.0 Å². The van der Waals surface area contributed by atoms with E-state index in [2.05, 4.69) is 27.2 Å². The van der Waals surface area contributed by atoms with Crippen molar-refractivity contribution in [3.63, 3.8) is 0 Å². The van der Waals surface area contributed by atoms with E-state index in [-0.39, 0.29) is 0 Å². The molecule has 0 aliphatic rings. The molecule has 0 aliphatic carbocycles. The van der Waals surface area contributed by atoms with Gasteiger partial charge in [0, 0.05) is 18.8 Å². The summed E-state index contributed by atoms with van der Waals surface area (Å²) in [6.07, 6.45) is 1.65. The van der Waals surface area contributed by atoms with E-state index >= 15 is 0 Å². The maximum atomic E-state index is 11.8. The summed E-state index contributed by atoms with van der Waals surface area (Å²) in [7, 11) is 0. The van der Waals surface area contributed by atoms with Crippen molar-refractivity contribution in [3.8, 4) is 0 Å². The Kier molecular flexibility index (Phi) is 9.32. The third-order valence-corrected chi connectivity index (χ3v) is 3.03. The van der Waals surface area contributed by atoms with Crippen LogP contribution in [-0.2, 0) is 4.74 Å². The standard InChI is InChI=1S/C15H32N4O2S/c1-8-16-12(17-9-10-22-7)18-11-15(5,6)19-13(20)21-14(2,3)4/h8-11H2,1-7H3,(H,19,20)(H2,16,17,18). The number of nitrogens with zero attached hydrogens (tertiary/aromatic N) is 1. The van der Waals surface area contributed by atoms with E-state index in [1.165, 1.54) is 0 Å². The summed E-state index contributed by atoms with van der Waals surface area (Å²) in [4.78, 5) is 16.4. The third kappa shape index (κ3) is 11.5. The van der Waals surface area contributed by atoms with Crippen LogP contribution in [0.1, 0.15) is 41.5 Å². The number of hydrogen-bond donors (Lipinski definition) is 3. The van der Waals surface area contributed by atoms with Crippen LogP contribution >= 0.6 is 11.8 Å². The summed E-state index contributed by atoms with van der Waals surface area (Å²) < 4.78 is 5.27. The first-order chi connectivity index (χ1) is 10.1. The number of hydrogen-bond acceptors (Lipinski definition) is 4. The Hall–Kier alpha value is -1.11. The average Bonchev–Trinajstić information content (AvgIpc) is 2.33. The van der Waals surface area contributed by atoms with Crippen LogP contribution in [0.25, 0.3) is 0 Å². The fourth-order valence-corrected chi connectivity index (χ4v) is 1.82. The highest BCUT2D eigenvalue weighted by molar-refractivity contribution is 7.98. The van der Waals surface area contributed by atoms with Crippen LogP contribution in [0.4, 0.5) is 4.79 Å². The van der Waals surface area contributed by atoms with Gasteiger partial charge in [0.25, 0.3) is 0 Å². The molecule has 1 amide bonds. The first-order valence-corrected chi connectivity index (χ1v) is 9.01. The van der Waals surface area contributed by atoms with Gasteiger partial charge >= 0.3 is 6.09 Å². The van der Waals surface area contributed by atoms with Crippen molar-refractivity contribution in [2.45, 2.75) is 52.7 Å². The highest BCUT2D eigenvalue weighted by Crippen LogP contribution is 2.09. The Labute approximate surface area is 139 Å². The molecule has 0 unspecified atom stereocenters. The molecule has 0 saturated heterocycles. The average molecular weight is 333 g/mol. The van der Waals surface area contributed by atoms with Gasteiger partial charge in [0.05, 0.1) is 12.1 Å². The molecule has 22 heavy (non-hydrogen) atoms. The molecular weight excluding hydrogens is 300 g/mol. The molecule has 0 aromatic heterocycles. The van der Waals surface area contributed by atoms with Crippen molar-refractivity contribution in [2.24, 2.45) is 4.99 Å². The number of rotatable bonds is 7. The summed E-state index contributed by atoms with van der Waals surface area (Å²) in [5.41, 5.74) is -0.984. The van der Waals surface area contributed by atoms with E-state index in [1.807, 2.05) is 41.5 Å². The molecule has 3 N–H and O–H groups in total. The molecule has 0 aromatic carbocycles. The van der Waals surface area contributed by atoms with Gasteiger partial charge in [-0.25, -0.2) is 4.79 Å². The molecule has 0 fully saturated rings. The minimum atomic E-state index is -0.502. The van der Waals surface area contributed by atoms with Crippen molar-refractivity contribution < 1.29 is 9.53 Å². The zero-order chi connectivity index (χ0) is 17.2. The summed E-state index contributed by atoms with van der Waals surface area (Å²) >= 11 is 1.78. The number of aliphatic imine (C=N–C) groups is 1. The van der Waals surface area contributed by atoms with Crippen molar-refractivity contribution in [1.29, 1.82) is 0 Å². The molecular formula is C15H32N4O2S. The van der Waals surface area contributed by atoms with Crippen molar-refractivity contribution in [1.82, 2.24) is 16.0 Å². The molecule has 0 bridgehead atoms. The fraction of sp³-hybridized carbons (Fsp3) is 0.867. The van der Waals surface area contributed by atoms with Gasteiger partial charge in [0.2, 0.25) is 0 Å². The molecule has 130 valence electrons. The first kappa shape index (κ1) is 20.9. The zero-order valence-electron chi connectivity index (χ0n) is 15.0. The van der Waals surface area contributed by atoms with E-state index in [4.69, 9.17) is 4.74 Å². The van der Waals surface area contributed by atoms with Gasteiger partial charge < -0.3 is 20.7 Å². The second kappa shape index (κ2) is 9.82. The SMILES string of the molecule is CCNC(=NCC(C)(C)NC(=O)OC(C)(C)C)NCCSC. The van der Waals surface area contributed by atoms with Crippen LogP contribution in [0.5, 0.6) is 0 Å². The van der Waals surface area contributed by atoms with Crippen LogP contribution in [-0.4, -0.2) is 54.8 Å². The van der Waals surface area contributed by atoms with Crippen LogP contribution in [0.2, 0.25) is 0 Å². The molecule has 0 spiro atoms. The molecule has 0 aromatic rings. The number of carbonyl (C=O) groups excluding carboxylic acids is 1. The lowest BCUT2D eigenvalue weighted by Gasteiger charge is -2.27. The number of guanidine groups is 1. The Morgan fingerprint density at radius 3 is 2.32 bits per heavy atom. The van der Waals surface area contributed by atoms with Crippen molar-refractivity contribution >= 4 is 23.8 Å². The van der Waals surface area contributed by atoms with Crippen LogP contribution in [0.3, 0.4) is 0 Å². The maximum absolute atomic E-state index is 11.8. The van der Waals surface area contributed by atoms with Crippen molar-refractivity contribution in [2.75, 3.05) is 31.6 Å². The highest BCUT2D eigenvalue weighted by Gasteiger charge is 2.24. The number of alkyl carbamates (subject to hydrolysis) is 1. The van der Waals surface area contributed by atoms with E-state index < -0.39 is 17.2 Å². The van der Waals surface area contributed by atoms with Gasteiger partial charge in [-0.3, -0.25) is 4.99 Å². The molecule has 0 atom stereocenters. The predicted molar refractivity (Wildman–Crippen MR) is 95.8 cm³/mol. The molecule has 0 radical (unpaired) electrons. The first-order valence-electron chi connectivity index (χ1n) is 7.62. The number of nitrogens with one attached hydrogen (secondary N) is 3. The normalized spacial score (nSPS) is 12.8. The quantitative estimate of drug-likeness (QED) is 0.379. The Morgan fingerprint density at radius 2 is 1.82 bits per heavy atom. The molecule has 0 rings (SSSR count). The molecule has 0 heterocycles. The molecule has 7 heteroatoms. The third-order valence-electron chi connectivity index (χ3n) is 2.41. The van der Waals surface area contributed by atoms with E-state index in [0.29, 0.717) is 6.54 Å². The summed E-state index contributed by atoms with van der Waals surface area (Å²) in [5.74, 6) is 1.78. The number of thioether (sulfide) groups is 1. The topological polar surface area (TPSA) is 74.8 Å². The monoisotopic (exact) mass is 332 g/mol. The summed E-state index contributed by atoms with van der Waals surface area (Å²) in [6.45, 7) is 13.5. The van der Waals surface area contributed by atoms with E-state index in [9.17, 15) is 4.79 Å². The highest BCUT2D eigenvalue weighted by atomic mass is 32.2. The molecule has 0 saturated carbocycles. The lowest BCUT2D eigenvalue weighted by molar-refractivity contribution is 0.0476. The van der Waals surface area contributed by atoms with Gasteiger partial charge in [-0.2, -0.15) is 11.8 Å². The Bertz CT molecular complexity index is 365. The smallest absolute Gasteiger partial charge is 0.408 e. The Morgan fingerprint density at radius 1 is 1.18 bits per heavy atom. The number of amides is 1. The van der Waals surface area contributed by atoms with Crippen LogP contribution in [0.15, 0.2) is 4.99 Å². The number of carbonyl (C=O) groups is 1. The van der Waals surface area contributed by atoms with Crippen molar-refractivity contribution in [3.05, 3.63) is 0 Å². The zero-order valence-corrected chi connectivity index (χ0v) is 15.8. The Balaban J connectivity index is 4.51. The minimum Gasteiger partial charge on any atom is -0.444 e. The lowest BCUT2D eigenvalue weighted by Crippen LogP contribution is -2.49. The maximum Gasteiger partial charge on any atom is 0.408 e. The van der Waals surface area contributed by atoms with Gasteiger partial charge in [-0.1, -0.05) is 0 Å². The van der Waals surface area contributed by atoms with E-state index in [0.717, 1.165) is 24.8 Å². The van der Waals surface area contributed by atoms with Gasteiger partial charge in [-0.15, -0.1) is 0 Å². The summed E-state index contributed by atoms with van der Waals surface area (Å²) in [6, 6.07) is 0.